The van der Waals surface area contributed by atoms with Crippen molar-refractivity contribution in [1.29, 1.82) is 0 Å². The van der Waals surface area contributed by atoms with Crippen LogP contribution in [0.3, 0.4) is 0 Å². The molecule has 0 saturated heterocycles. The van der Waals surface area contributed by atoms with Crippen molar-refractivity contribution in [2.24, 2.45) is 0 Å². The Morgan fingerprint density at radius 1 is 1.06 bits per heavy atom. The Balaban J connectivity index is 2.22. The van der Waals surface area contributed by atoms with Gasteiger partial charge in [-0.1, -0.05) is 34.8 Å². The number of rotatable bonds is 2. The summed E-state index contributed by atoms with van der Waals surface area (Å²) >= 11 is 17.1. The number of amides is 1. The van der Waals surface area contributed by atoms with Gasteiger partial charge in [0.25, 0.3) is 5.91 Å². The number of hydrogen-bond donors (Lipinski definition) is 1. The molecule has 0 aliphatic carbocycles. The third-order valence-corrected chi connectivity index (χ3v) is 2.60. The molecule has 0 unspecified atom stereocenters. The van der Waals surface area contributed by atoms with Gasteiger partial charge in [-0.3, -0.25) is 4.79 Å². The molecule has 0 radical (unpaired) electrons. The van der Waals surface area contributed by atoms with Gasteiger partial charge < -0.3 is 5.32 Å². The number of pyridine rings is 2. The van der Waals surface area contributed by atoms with Crippen LogP contribution in [0.15, 0.2) is 30.5 Å². The van der Waals surface area contributed by atoms with Gasteiger partial charge >= 0.3 is 0 Å². The van der Waals surface area contributed by atoms with Gasteiger partial charge in [-0.15, -0.1) is 0 Å². The van der Waals surface area contributed by atoms with Gasteiger partial charge in [-0.2, -0.15) is 0 Å². The van der Waals surface area contributed by atoms with Gasteiger partial charge in [-0.25, -0.2) is 9.97 Å². The number of hydrogen-bond acceptors (Lipinski definition) is 3. The van der Waals surface area contributed by atoms with Crippen LogP contribution in [0.2, 0.25) is 15.5 Å². The van der Waals surface area contributed by atoms with E-state index in [9.17, 15) is 4.79 Å². The molecule has 2 aromatic rings. The summed E-state index contributed by atoms with van der Waals surface area (Å²) < 4.78 is 0. The molecule has 0 spiro atoms. The molecule has 0 fully saturated rings. The Morgan fingerprint density at radius 2 is 1.72 bits per heavy atom. The molecular formula is C11H6Cl3N3O. The molecule has 2 rings (SSSR count). The van der Waals surface area contributed by atoms with E-state index in [4.69, 9.17) is 34.8 Å². The van der Waals surface area contributed by atoms with Crippen LogP contribution in [-0.4, -0.2) is 15.9 Å². The van der Waals surface area contributed by atoms with Gasteiger partial charge in [0, 0.05) is 17.4 Å². The second kappa shape index (κ2) is 5.52. The van der Waals surface area contributed by atoms with E-state index in [1.54, 1.807) is 6.07 Å². The summed E-state index contributed by atoms with van der Waals surface area (Å²) in [6.07, 6.45) is 1.49. The third-order valence-electron chi connectivity index (χ3n) is 2.01. The molecule has 0 aliphatic rings. The second-order valence-electron chi connectivity index (χ2n) is 3.32. The lowest BCUT2D eigenvalue weighted by atomic mass is 10.2. The smallest absolute Gasteiger partial charge is 0.255 e. The lowest BCUT2D eigenvalue weighted by Crippen LogP contribution is -2.12. The zero-order valence-corrected chi connectivity index (χ0v) is 11.1. The average molecular weight is 303 g/mol. The number of anilines is 1. The van der Waals surface area contributed by atoms with Crippen molar-refractivity contribution in [3.8, 4) is 0 Å². The molecule has 4 nitrogen and oxygen atoms in total. The molecule has 0 aliphatic heterocycles. The summed E-state index contributed by atoms with van der Waals surface area (Å²) in [5.41, 5.74) is 0.844. The maximum Gasteiger partial charge on any atom is 0.255 e. The fraction of sp³-hybridized carbons (Fsp3) is 0. The lowest BCUT2D eigenvalue weighted by Gasteiger charge is -2.05. The molecule has 0 bridgehead atoms. The van der Waals surface area contributed by atoms with Gasteiger partial charge in [0.15, 0.2) is 0 Å². The number of nitrogens with one attached hydrogen (secondary N) is 1. The zero-order chi connectivity index (χ0) is 13.1. The van der Waals surface area contributed by atoms with Crippen molar-refractivity contribution in [3.05, 3.63) is 51.5 Å². The van der Waals surface area contributed by atoms with E-state index >= 15 is 0 Å². The van der Waals surface area contributed by atoms with E-state index in [2.05, 4.69) is 15.3 Å². The first-order valence-electron chi connectivity index (χ1n) is 4.80. The van der Waals surface area contributed by atoms with Crippen molar-refractivity contribution in [2.75, 3.05) is 5.32 Å². The van der Waals surface area contributed by atoms with E-state index in [0.29, 0.717) is 16.4 Å². The molecule has 0 atom stereocenters. The normalized spacial score (nSPS) is 10.2. The van der Waals surface area contributed by atoms with Crippen LogP contribution in [0.1, 0.15) is 10.4 Å². The fourth-order valence-electron chi connectivity index (χ4n) is 1.28. The van der Waals surface area contributed by atoms with E-state index in [1.807, 2.05) is 0 Å². The minimum Gasteiger partial charge on any atom is -0.322 e. The molecular weight excluding hydrogens is 296 g/mol. The predicted molar refractivity (Wildman–Crippen MR) is 71.5 cm³/mol. The van der Waals surface area contributed by atoms with Crippen molar-refractivity contribution >= 4 is 46.4 Å². The highest BCUT2D eigenvalue weighted by Crippen LogP contribution is 2.17. The summed E-state index contributed by atoms with van der Waals surface area (Å²) in [6.45, 7) is 0. The molecule has 18 heavy (non-hydrogen) atoms. The molecule has 2 aromatic heterocycles. The SMILES string of the molecule is O=C(Nc1ccnc(Cl)c1)c1cc(Cl)nc(Cl)c1. The Labute approximate surface area is 118 Å². The standard InChI is InChI=1S/C11H6Cl3N3O/c12-8-5-7(1-2-15-8)16-11(18)6-3-9(13)17-10(14)4-6/h1-5H,(H,15,16,18). The summed E-state index contributed by atoms with van der Waals surface area (Å²) in [4.78, 5) is 19.5. The number of halogens is 3. The highest BCUT2D eigenvalue weighted by atomic mass is 35.5. The van der Waals surface area contributed by atoms with Crippen molar-refractivity contribution < 1.29 is 4.79 Å². The molecule has 92 valence electrons. The first kappa shape index (κ1) is 13.1. The van der Waals surface area contributed by atoms with Crippen LogP contribution in [0.5, 0.6) is 0 Å². The van der Waals surface area contributed by atoms with Gasteiger partial charge in [0.1, 0.15) is 15.5 Å². The Kier molecular flexibility index (Phi) is 4.01. The molecule has 0 aromatic carbocycles. The summed E-state index contributed by atoms with van der Waals surface area (Å²) in [6, 6.07) is 6.00. The minimum absolute atomic E-state index is 0.153. The van der Waals surface area contributed by atoms with E-state index in [-0.39, 0.29) is 16.2 Å². The largest absolute Gasteiger partial charge is 0.322 e. The maximum absolute atomic E-state index is 11.9. The van der Waals surface area contributed by atoms with Crippen LogP contribution >= 0.6 is 34.8 Å². The fourth-order valence-corrected chi connectivity index (χ4v) is 1.91. The Hall–Kier alpha value is -1.36. The number of aromatic nitrogens is 2. The topological polar surface area (TPSA) is 54.9 Å². The highest BCUT2D eigenvalue weighted by Gasteiger charge is 2.09. The lowest BCUT2D eigenvalue weighted by molar-refractivity contribution is 0.102. The maximum atomic E-state index is 11.9. The van der Waals surface area contributed by atoms with Crippen LogP contribution in [0, 0.1) is 0 Å². The van der Waals surface area contributed by atoms with Gasteiger partial charge in [0.05, 0.1) is 0 Å². The Morgan fingerprint density at radius 3 is 2.33 bits per heavy atom. The molecule has 7 heteroatoms. The molecule has 0 saturated carbocycles. The first-order chi connectivity index (χ1) is 8.54. The molecule has 1 N–H and O–H groups in total. The second-order valence-corrected chi connectivity index (χ2v) is 4.48. The molecule has 1 amide bonds. The zero-order valence-electron chi connectivity index (χ0n) is 8.82. The minimum atomic E-state index is -0.358. The van der Waals surface area contributed by atoms with E-state index < -0.39 is 0 Å². The van der Waals surface area contributed by atoms with Gasteiger partial charge in [0.2, 0.25) is 0 Å². The monoisotopic (exact) mass is 301 g/mol. The summed E-state index contributed by atoms with van der Waals surface area (Å²) in [5, 5.41) is 3.24. The van der Waals surface area contributed by atoms with E-state index in [1.165, 1.54) is 24.4 Å². The third kappa shape index (κ3) is 3.32. The number of carbonyl (C=O) groups is 1. The van der Waals surface area contributed by atoms with Gasteiger partial charge in [-0.05, 0) is 24.3 Å². The van der Waals surface area contributed by atoms with Crippen LogP contribution < -0.4 is 5.32 Å². The first-order valence-corrected chi connectivity index (χ1v) is 5.94. The van der Waals surface area contributed by atoms with Crippen molar-refractivity contribution in [2.45, 2.75) is 0 Å². The summed E-state index contributed by atoms with van der Waals surface area (Å²) in [5.74, 6) is -0.358. The van der Waals surface area contributed by atoms with Crippen LogP contribution in [-0.2, 0) is 0 Å². The van der Waals surface area contributed by atoms with Crippen LogP contribution in [0.4, 0.5) is 5.69 Å². The van der Waals surface area contributed by atoms with E-state index in [0.717, 1.165) is 0 Å². The average Bonchev–Trinajstić information content (AvgIpc) is 2.27. The van der Waals surface area contributed by atoms with Crippen molar-refractivity contribution in [1.82, 2.24) is 9.97 Å². The summed E-state index contributed by atoms with van der Waals surface area (Å²) in [7, 11) is 0. The van der Waals surface area contributed by atoms with Crippen molar-refractivity contribution in [3.63, 3.8) is 0 Å². The predicted octanol–water partition coefficient (Wildman–Crippen LogP) is 3.69. The Bertz CT molecular complexity index is 584. The quantitative estimate of drug-likeness (QED) is 0.861. The van der Waals surface area contributed by atoms with Crippen LogP contribution in [0.25, 0.3) is 0 Å². The highest BCUT2D eigenvalue weighted by molar-refractivity contribution is 6.33. The molecule has 2 heterocycles. The number of carbonyl (C=O) groups excluding carboxylic acids is 1. The number of nitrogens with zero attached hydrogens (tertiary/aromatic N) is 2.